The van der Waals surface area contributed by atoms with Crippen molar-refractivity contribution in [2.24, 2.45) is 5.92 Å². The van der Waals surface area contributed by atoms with Crippen LogP contribution in [0, 0.1) is 5.92 Å². The van der Waals surface area contributed by atoms with Crippen molar-refractivity contribution in [2.75, 3.05) is 27.3 Å². The Balaban J connectivity index is 1.53. The zero-order chi connectivity index (χ0) is 22.4. The monoisotopic (exact) mass is 448 g/mol. The molecule has 166 valence electrons. The number of benzene rings is 1. The number of sulfonamides is 1. The summed E-state index contributed by atoms with van der Waals surface area (Å²) >= 11 is 0. The number of pyridine rings is 1. The summed E-state index contributed by atoms with van der Waals surface area (Å²) in [5.41, 5.74) is 5.08. The normalized spacial score (nSPS) is 15.2. The molecule has 11 heteroatoms. The van der Waals surface area contributed by atoms with Gasteiger partial charge >= 0.3 is 0 Å². The number of rotatable bonds is 6. The van der Waals surface area contributed by atoms with Crippen LogP contribution in [0.3, 0.4) is 0 Å². The van der Waals surface area contributed by atoms with Crippen molar-refractivity contribution in [1.82, 2.24) is 20.1 Å². The Morgan fingerprint density at radius 3 is 2.39 bits per heavy atom. The van der Waals surface area contributed by atoms with Gasteiger partial charge in [-0.15, -0.1) is 0 Å². The number of hydrogen-bond donors (Lipinski definition) is 2. The molecule has 0 atom stereocenters. The predicted molar refractivity (Wildman–Crippen MR) is 111 cm³/mol. The van der Waals surface area contributed by atoms with Crippen LogP contribution in [0.1, 0.15) is 23.2 Å². The zero-order valence-electron chi connectivity index (χ0n) is 17.2. The van der Waals surface area contributed by atoms with Gasteiger partial charge in [0.05, 0.1) is 14.2 Å². The Bertz CT molecular complexity index is 1040. The first kappa shape index (κ1) is 22.5. The van der Waals surface area contributed by atoms with Crippen LogP contribution < -0.4 is 20.3 Å². The number of piperidine rings is 1. The molecule has 2 heterocycles. The van der Waals surface area contributed by atoms with Gasteiger partial charge in [-0.05, 0) is 43.2 Å². The summed E-state index contributed by atoms with van der Waals surface area (Å²) < 4.78 is 36.9. The van der Waals surface area contributed by atoms with Gasteiger partial charge in [-0.3, -0.25) is 25.4 Å². The highest BCUT2D eigenvalue weighted by atomic mass is 32.2. The first-order valence-corrected chi connectivity index (χ1v) is 11.0. The average Bonchev–Trinajstić information content (AvgIpc) is 2.82. The number of ether oxygens (including phenoxy) is 2. The Labute approximate surface area is 180 Å². The fourth-order valence-electron chi connectivity index (χ4n) is 3.28. The van der Waals surface area contributed by atoms with E-state index in [1.807, 2.05) is 0 Å². The van der Waals surface area contributed by atoms with E-state index < -0.39 is 21.8 Å². The van der Waals surface area contributed by atoms with E-state index in [2.05, 4.69) is 15.8 Å². The number of nitrogens with zero attached hydrogens (tertiary/aromatic N) is 2. The summed E-state index contributed by atoms with van der Waals surface area (Å²) in [6, 6.07) is 7.69. The lowest BCUT2D eigenvalue weighted by atomic mass is 9.98. The van der Waals surface area contributed by atoms with Crippen LogP contribution in [0.2, 0.25) is 0 Å². The Hall–Kier alpha value is -3.18. The molecule has 1 aromatic heterocycles. The second kappa shape index (κ2) is 9.75. The van der Waals surface area contributed by atoms with E-state index in [-0.39, 0.29) is 29.5 Å². The molecule has 0 unspecified atom stereocenters. The molecule has 0 spiro atoms. The summed E-state index contributed by atoms with van der Waals surface area (Å²) in [4.78, 5) is 28.7. The molecule has 1 fully saturated rings. The third kappa shape index (κ3) is 5.12. The van der Waals surface area contributed by atoms with Crippen molar-refractivity contribution in [2.45, 2.75) is 17.7 Å². The minimum Gasteiger partial charge on any atom is -0.493 e. The number of hydrazine groups is 1. The molecule has 31 heavy (non-hydrogen) atoms. The van der Waals surface area contributed by atoms with E-state index in [1.165, 1.54) is 43.1 Å². The lowest BCUT2D eigenvalue weighted by Gasteiger charge is -2.30. The molecule has 1 saturated heterocycles. The fourth-order valence-corrected chi connectivity index (χ4v) is 4.71. The molecule has 2 N–H and O–H groups in total. The van der Waals surface area contributed by atoms with Crippen LogP contribution in [0.5, 0.6) is 11.5 Å². The predicted octanol–water partition coefficient (Wildman–Crippen LogP) is 0.961. The number of aromatic nitrogens is 1. The Morgan fingerprint density at radius 1 is 1.06 bits per heavy atom. The second-order valence-corrected chi connectivity index (χ2v) is 8.82. The molecule has 1 aromatic carbocycles. The van der Waals surface area contributed by atoms with Gasteiger partial charge in [0.1, 0.15) is 4.90 Å². The average molecular weight is 449 g/mol. The lowest BCUT2D eigenvalue weighted by Crippen LogP contribution is -2.48. The summed E-state index contributed by atoms with van der Waals surface area (Å²) in [7, 11) is -0.686. The van der Waals surface area contributed by atoms with E-state index in [0.717, 1.165) is 0 Å². The van der Waals surface area contributed by atoms with Crippen molar-refractivity contribution in [3.8, 4) is 11.5 Å². The first-order chi connectivity index (χ1) is 14.9. The Kier molecular flexibility index (Phi) is 7.08. The van der Waals surface area contributed by atoms with E-state index >= 15 is 0 Å². The summed E-state index contributed by atoms with van der Waals surface area (Å²) in [6.07, 6.45) is 3.50. The molecule has 1 aliphatic rings. The summed E-state index contributed by atoms with van der Waals surface area (Å²) in [6.45, 7) is 0.415. The van der Waals surface area contributed by atoms with E-state index in [0.29, 0.717) is 24.3 Å². The molecule has 0 bridgehead atoms. The largest absolute Gasteiger partial charge is 0.493 e. The number of methoxy groups -OCH3 is 2. The molecule has 3 rings (SSSR count). The van der Waals surface area contributed by atoms with Gasteiger partial charge in [-0.2, -0.15) is 4.31 Å². The van der Waals surface area contributed by atoms with Crippen molar-refractivity contribution < 1.29 is 27.5 Å². The van der Waals surface area contributed by atoms with Crippen molar-refractivity contribution in [3.63, 3.8) is 0 Å². The van der Waals surface area contributed by atoms with Crippen LogP contribution in [0.4, 0.5) is 0 Å². The highest BCUT2D eigenvalue weighted by Crippen LogP contribution is 2.27. The number of carbonyl (C=O) groups is 2. The van der Waals surface area contributed by atoms with Crippen molar-refractivity contribution >= 4 is 21.8 Å². The van der Waals surface area contributed by atoms with Gasteiger partial charge in [-0.1, -0.05) is 0 Å². The van der Waals surface area contributed by atoms with E-state index in [9.17, 15) is 18.0 Å². The van der Waals surface area contributed by atoms with Gasteiger partial charge in [0.2, 0.25) is 15.9 Å². The molecule has 2 aromatic rings. The summed E-state index contributed by atoms with van der Waals surface area (Å²) in [5, 5.41) is 0. The minimum absolute atomic E-state index is 0.125. The second-order valence-electron chi connectivity index (χ2n) is 6.88. The van der Waals surface area contributed by atoms with Gasteiger partial charge < -0.3 is 9.47 Å². The third-order valence-corrected chi connectivity index (χ3v) is 6.92. The zero-order valence-corrected chi connectivity index (χ0v) is 18.0. The maximum atomic E-state index is 12.6. The van der Waals surface area contributed by atoms with Crippen molar-refractivity contribution in [3.05, 3.63) is 48.3 Å². The molecule has 2 amide bonds. The highest BCUT2D eigenvalue weighted by molar-refractivity contribution is 7.89. The topological polar surface area (TPSA) is 127 Å². The van der Waals surface area contributed by atoms with Crippen LogP contribution >= 0.6 is 0 Å². The quantitative estimate of drug-likeness (QED) is 0.630. The summed E-state index contributed by atoms with van der Waals surface area (Å²) in [5.74, 6) is -0.413. The van der Waals surface area contributed by atoms with Crippen LogP contribution in [0.25, 0.3) is 0 Å². The number of nitrogens with one attached hydrogen (secondary N) is 2. The van der Waals surface area contributed by atoms with E-state index in [4.69, 9.17) is 9.47 Å². The molecular weight excluding hydrogens is 424 g/mol. The smallest absolute Gasteiger partial charge is 0.269 e. The Morgan fingerprint density at radius 2 is 1.77 bits per heavy atom. The minimum atomic E-state index is -3.64. The number of hydrogen-bond acceptors (Lipinski definition) is 7. The van der Waals surface area contributed by atoms with Crippen LogP contribution in [-0.4, -0.2) is 56.8 Å². The third-order valence-electron chi connectivity index (χ3n) is 5.04. The first-order valence-electron chi connectivity index (χ1n) is 9.59. The fraction of sp³-hybridized carbons (Fsp3) is 0.350. The van der Waals surface area contributed by atoms with Crippen LogP contribution in [0.15, 0.2) is 47.6 Å². The molecule has 10 nitrogen and oxygen atoms in total. The highest BCUT2D eigenvalue weighted by Gasteiger charge is 2.32. The molecule has 0 radical (unpaired) electrons. The number of carbonyl (C=O) groups excluding carboxylic acids is 2. The van der Waals surface area contributed by atoms with E-state index in [1.54, 1.807) is 18.2 Å². The SMILES string of the molecule is COc1ccc(C(=O)NNC(=O)C2CCN(S(=O)(=O)c3cccnc3)CC2)cc1OC. The standard InChI is InChI=1S/C20H24N4O6S/c1-29-17-6-5-15(12-18(17)30-2)20(26)23-22-19(25)14-7-10-24(11-8-14)31(27,28)16-4-3-9-21-13-16/h3-6,9,12-14H,7-8,10-11H2,1-2H3,(H,22,25)(H,23,26). The van der Waals surface area contributed by atoms with Gasteiger partial charge in [0, 0.05) is 37.0 Å². The molecule has 1 aliphatic heterocycles. The maximum Gasteiger partial charge on any atom is 0.269 e. The molecule has 0 aliphatic carbocycles. The van der Waals surface area contributed by atoms with Crippen molar-refractivity contribution in [1.29, 1.82) is 0 Å². The molecule has 0 saturated carbocycles. The number of amides is 2. The molecular formula is C20H24N4O6S. The van der Waals surface area contributed by atoms with Crippen LogP contribution in [-0.2, 0) is 14.8 Å². The van der Waals surface area contributed by atoms with Gasteiger partial charge in [0.25, 0.3) is 5.91 Å². The van der Waals surface area contributed by atoms with Gasteiger partial charge in [-0.25, -0.2) is 8.42 Å². The van der Waals surface area contributed by atoms with Gasteiger partial charge in [0.15, 0.2) is 11.5 Å². The lowest BCUT2D eigenvalue weighted by molar-refractivity contribution is -0.126. The maximum absolute atomic E-state index is 12.6.